The van der Waals surface area contributed by atoms with E-state index in [9.17, 15) is 4.79 Å². The van der Waals surface area contributed by atoms with Crippen molar-refractivity contribution in [2.45, 2.75) is 51.6 Å². The van der Waals surface area contributed by atoms with Crippen molar-refractivity contribution < 1.29 is 19.4 Å². The Labute approximate surface area is 121 Å². The summed E-state index contributed by atoms with van der Waals surface area (Å²) in [7, 11) is 0. The Morgan fingerprint density at radius 3 is 2.80 bits per heavy atom. The van der Waals surface area contributed by atoms with Crippen molar-refractivity contribution in [1.82, 2.24) is 0 Å². The minimum atomic E-state index is -0.769. The third-order valence-electron chi connectivity index (χ3n) is 3.28. The quantitative estimate of drug-likeness (QED) is 0.519. The lowest BCUT2D eigenvalue weighted by Crippen LogP contribution is -2.31. The first-order chi connectivity index (χ1) is 9.74. The molecule has 0 aliphatic carbocycles. The highest BCUT2D eigenvalue weighted by Crippen LogP contribution is 2.18. The first kappa shape index (κ1) is 16.9. The highest BCUT2D eigenvalue weighted by atomic mass is 16.7. The maximum Gasteiger partial charge on any atom is 0.303 e. The van der Waals surface area contributed by atoms with Crippen LogP contribution in [0.2, 0.25) is 0 Å². The highest BCUT2D eigenvalue weighted by Gasteiger charge is 2.21. The van der Waals surface area contributed by atoms with Gasteiger partial charge in [-0.1, -0.05) is 44.1 Å². The maximum absolute atomic E-state index is 10.4. The number of unbranched alkanes of at least 4 members (excludes halogenated alkanes) is 3. The minimum Gasteiger partial charge on any atom is -0.481 e. The Morgan fingerprint density at radius 2 is 2.05 bits per heavy atom. The van der Waals surface area contributed by atoms with E-state index in [4.69, 9.17) is 14.6 Å². The number of hydrogen-bond donors (Lipinski definition) is 1. The van der Waals surface area contributed by atoms with E-state index in [0.29, 0.717) is 19.8 Å². The lowest BCUT2D eigenvalue weighted by molar-refractivity contribution is -0.143. The fourth-order valence-corrected chi connectivity index (χ4v) is 2.11. The van der Waals surface area contributed by atoms with Gasteiger partial charge in [0.15, 0.2) is 0 Å². The number of carbonyl (C=O) groups is 1. The molecule has 4 heteroatoms. The van der Waals surface area contributed by atoms with Crippen LogP contribution in [-0.4, -0.2) is 30.6 Å². The molecule has 1 aliphatic rings. The molecule has 0 unspecified atom stereocenters. The van der Waals surface area contributed by atoms with Gasteiger partial charge in [0.25, 0.3) is 0 Å². The van der Waals surface area contributed by atoms with Crippen molar-refractivity contribution >= 4 is 5.97 Å². The van der Waals surface area contributed by atoms with E-state index < -0.39 is 5.97 Å². The van der Waals surface area contributed by atoms with Crippen molar-refractivity contribution in [3.8, 4) is 0 Å². The topological polar surface area (TPSA) is 55.8 Å². The van der Waals surface area contributed by atoms with E-state index >= 15 is 0 Å². The van der Waals surface area contributed by atoms with Crippen molar-refractivity contribution in [2.75, 3.05) is 13.4 Å². The number of rotatable bonds is 9. The summed E-state index contributed by atoms with van der Waals surface area (Å²) in [5.74, 6) is -0.540. The zero-order chi connectivity index (χ0) is 14.6. The lowest BCUT2D eigenvalue weighted by Gasteiger charge is -2.27. The maximum atomic E-state index is 10.4. The summed E-state index contributed by atoms with van der Waals surface area (Å²) >= 11 is 0. The molecule has 0 aromatic rings. The molecule has 0 radical (unpaired) electrons. The van der Waals surface area contributed by atoms with Crippen molar-refractivity contribution in [3.05, 3.63) is 24.3 Å². The van der Waals surface area contributed by atoms with Gasteiger partial charge in [-0.05, 0) is 19.3 Å². The van der Waals surface area contributed by atoms with Gasteiger partial charge in [0, 0.05) is 12.3 Å². The predicted molar refractivity (Wildman–Crippen MR) is 78.5 cm³/mol. The van der Waals surface area contributed by atoms with Gasteiger partial charge in [-0.15, -0.1) is 0 Å². The third kappa shape index (κ3) is 7.46. The molecule has 114 valence electrons. The van der Waals surface area contributed by atoms with Gasteiger partial charge in [-0.25, -0.2) is 0 Å². The molecule has 0 bridgehead atoms. The minimum absolute atomic E-state index is 0.0000277. The SMILES string of the molecule is CCCCC/C=C\[C@H]1COCO[C@H]1/C=C\CCC(=O)O. The van der Waals surface area contributed by atoms with Crippen LogP contribution in [0.4, 0.5) is 0 Å². The van der Waals surface area contributed by atoms with E-state index in [2.05, 4.69) is 19.1 Å². The molecule has 0 aromatic heterocycles. The summed E-state index contributed by atoms with van der Waals surface area (Å²) in [5, 5.41) is 8.59. The van der Waals surface area contributed by atoms with E-state index in [1.807, 2.05) is 12.2 Å². The number of carboxylic acids is 1. The molecule has 20 heavy (non-hydrogen) atoms. The number of allylic oxidation sites excluding steroid dienone is 2. The molecule has 0 spiro atoms. The van der Waals surface area contributed by atoms with E-state index in [1.165, 1.54) is 19.3 Å². The van der Waals surface area contributed by atoms with Crippen LogP contribution < -0.4 is 0 Å². The fraction of sp³-hybridized carbons (Fsp3) is 0.688. The molecule has 0 aromatic carbocycles. The van der Waals surface area contributed by atoms with Crippen LogP contribution >= 0.6 is 0 Å². The van der Waals surface area contributed by atoms with Crippen LogP contribution in [-0.2, 0) is 14.3 Å². The van der Waals surface area contributed by atoms with Gasteiger partial charge < -0.3 is 14.6 Å². The summed E-state index contributed by atoms with van der Waals surface area (Å²) in [5.41, 5.74) is 0. The van der Waals surface area contributed by atoms with Crippen LogP contribution in [0.1, 0.15) is 45.4 Å². The number of hydrogen-bond acceptors (Lipinski definition) is 3. The predicted octanol–water partition coefficient (Wildman–Crippen LogP) is 3.53. The van der Waals surface area contributed by atoms with E-state index in [1.54, 1.807) is 0 Å². The van der Waals surface area contributed by atoms with Gasteiger partial charge >= 0.3 is 5.97 Å². The van der Waals surface area contributed by atoms with E-state index in [0.717, 1.165) is 6.42 Å². The average molecular weight is 282 g/mol. The van der Waals surface area contributed by atoms with E-state index in [-0.39, 0.29) is 18.4 Å². The van der Waals surface area contributed by atoms with Gasteiger partial charge in [-0.3, -0.25) is 4.79 Å². The molecule has 1 N–H and O–H groups in total. The number of carboxylic acid groups (broad SMARTS) is 1. The molecule has 4 nitrogen and oxygen atoms in total. The smallest absolute Gasteiger partial charge is 0.303 e. The summed E-state index contributed by atoms with van der Waals surface area (Å²) in [6.07, 6.45) is 13.8. The van der Waals surface area contributed by atoms with Gasteiger partial charge in [0.05, 0.1) is 12.7 Å². The fourth-order valence-electron chi connectivity index (χ4n) is 2.11. The second-order valence-electron chi connectivity index (χ2n) is 5.07. The van der Waals surface area contributed by atoms with Crippen molar-refractivity contribution in [3.63, 3.8) is 0 Å². The number of aliphatic carboxylic acids is 1. The second kappa shape index (κ2) is 10.6. The molecule has 0 saturated carbocycles. The zero-order valence-corrected chi connectivity index (χ0v) is 12.3. The Balaban J connectivity index is 2.35. The summed E-state index contributed by atoms with van der Waals surface area (Å²) in [6, 6.07) is 0. The first-order valence-electron chi connectivity index (χ1n) is 7.48. The molecule has 1 fully saturated rings. The standard InChI is InChI=1S/C16H26O4/c1-2-3-4-5-6-9-14-12-19-13-20-15(14)10-7-8-11-16(17)18/h6-7,9-10,14-15H,2-5,8,11-13H2,1H3,(H,17,18)/b9-6-,10-7-/t14-,15-/m0/s1. The highest BCUT2D eigenvalue weighted by molar-refractivity contribution is 5.66. The lowest BCUT2D eigenvalue weighted by atomic mass is 10.00. The van der Waals surface area contributed by atoms with Crippen LogP contribution in [0.15, 0.2) is 24.3 Å². The average Bonchev–Trinajstić information content (AvgIpc) is 2.44. The molecule has 0 amide bonds. The zero-order valence-electron chi connectivity index (χ0n) is 12.3. The molecule has 1 saturated heterocycles. The Morgan fingerprint density at radius 1 is 1.25 bits per heavy atom. The summed E-state index contributed by atoms with van der Waals surface area (Å²) in [6.45, 7) is 3.18. The van der Waals surface area contributed by atoms with Gasteiger partial charge in [0.1, 0.15) is 6.79 Å². The molecule has 2 atom stereocenters. The largest absolute Gasteiger partial charge is 0.481 e. The van der Waals surface area contributed by atoms with Gasteiger partial charge in [0.2, 0.25) is 0 Å². The molecular weight excluding hydrogens is 256 g/mol. The molecular formula is C16H26O4. The summed E-state index contributed by atoms with van der Waals surface area (Å²) < 4.78 is 10.9. The van der Waals surface area contributed by atoms with Crippen LogP contribution in [0.25, 0.3) is 0 Å². The van der Waals surface area contributed by atoms with Crippen molar-refractivity contribution in [2.24, 2.45) is 5.92 Å². The summed E-state index contributed by atoms with van der Waals surface area (Å²) in [4.78, 5) is 10.4. The molecule has 1 rings (SSSR count). The Kier molecular flexibility index (Phi) is 9.00. The first-order valence-corrected chi connectivity index (χ1v) is 7.48. The Bertz CT molecular complexity index is 322. The van der Waals surface area contributed by atoms with Crippen LogP contribution in [0, 0.1) is 5.92 Å². The molecule has 1 aliphatic heterocycles. The van der Waals surface area contributed by atoms with Crippen LogP contribution in [0.5, 0.6) is 0 Å². The van der Waals surface area contributed by atoms with Gasteiger partial charge in [-0.2, -0.15) is 0 Å². The number of ether oxygens (including phenoxy) is 2. The molecule has 1 heterocycles. The van der Waals surface area contributed by atoms with Crippen LogP contribution in [0.3, 0.4) is 0 Å². The Hall–Kier alpha value is -1.13. The van der Waals surface area contributed by atoms with Crippen molar-refractivity contribution in [1.29, 1.82) is 0 Å². The third-order valence-corrected chi connectivity index (χ3v) is 3.28. The monoisotopic (exact) mass is 282 g/mol. The second-order valence-corrected chi connectivity index (χ2v) is 5.07. The normalized spacial score (nSPS) is 23.6.